The zero-order chi connectivity index (χ0) is 13.2. The van der Waals surface area contributed by atoms with Crippen molar-refractivity contribution >= 4 is 19.4 Å². The lowest BCUT2D eigenvalue weighted by Crippen LogP contribution is -2.41. The summed E-state index contributed by atoms with van der Waals surface area (Å²) in [4.78, 5) is 10.1. The van der Waals surface area contributed by atoms with E-state index in [0.717, 1.165) is 10.4 Å². The van der Waals surface area contributed by atoms with E-state index in [1.54, 1.807) is 0 Å². The Hall–Kier alpha value is -1.38. The second kappa shape index (κ2) is 8.67. The Morgan fingerprint density at radius 1 is 0.722 bits per heavy atom. The summed E-state index contributed by atoms with van der Waals surface area (Å²) in [5, 5.41) is 2.14. The van der Waals surface area contributed by atoms with Crippen molar-refractivity contribution in [1.82, 2.24) is 0 Å². The third-order valence-electron chi connectivity index (χ3n) is 2.73. The molecule has 0 aromatic heterocycles. The molecule has 0 aliphatic heterocycles. The summed E-state index contributed by atoms with van der Waals surface area (Å²) >= 11 is 0. The largest absolute Gasteiger partial charge is 0.426 e. The van der Waals surface area contributed by atoms with Gasteiger partial charge in [-0.05, 0) is 10.4 Å². The molecule has 2 heteroatoms. The number of benzene rings is 2. The van der Waals surface area contributed by atoms with Crippen LogP contribution in [0, 0.1) is 0 Å². The number of hydrogen-bond acceptors (Lipinski definition) is 1. The summed E-state index contributed by atoms with van der Waals surface area (Å²) in [6, 6.07) is 19.8. The van der Waals surface area contributed by atoms with Gasteiger partial charge in [0.2, 0.25) is 9.04 Å². The van der Waals surface area contributed by atoms with Gasteiger partial charge in [-0.3, -0.25) is 0 Å². The van der Waals surface area contributed by atoms with Crippen molar-refractivity contribution in [2.75, 3.05) is 0 Å². The standard InChI is InChI=1S/C12H12OSi.C4H10/c13-14(11-7-3-1-4-8-11)12-9-5-2-6-10-12;1-3-4-2/h1-10,13-14H;3-4H2,1-2H3. The molecular formula is C16H22OSi. The summed E-state index contributed by atoms with van der Waals surface area (Å²) in [6.07, 6.45) is 2.64. The molecule has 0 aliphatic rings. The van der Waals surface area contributed by atoms with Crippen molar-refractivity contribution in [1.29, 1.82) is 0 Å². The predicted octanol–water partition coefficient (Wildman–Crippen LogP) is 2.32. The van der Waals surface area contributed by atoms with Gasteiger partial charge in [0.15, 0.2) is 0 Å². The fraction of sp³-hybridized carbons (Fsp3) is 0.250. The molecule has 1 nitrogen and oxygen atoms in total. The first-order valence-electron chi connectivity index (χ1n) is 6.57. The Kier molecular flexibility index (Phi) is 7.07. The van der Waals surface area contributed by atoms with Crippen LogP contribution in [0.3, 0.4) is 0 Å². The minimum absolute atomic E-state index is 1.07. The topological polar surface area (TPSA) is 20.2 Å². The van der Waals surface area contributed by atoms with Crippen molar-refractivity contribution in [3.8, 4) is 0 Å². The SMILES string of the molecule is CCCC.O[SiH](c1ccccc1)c1ccccc1. The third-order valence-corrected chi connectivity index (χ3v) is 4.76. The van der Waals surface area contributed by atoms with Gasteiger partial charge in [-0.15, -0.1) is 0 Å². The molecule has 0 saturated carbocycles. The maximum absolute atomic E-state index is 10.1. The zero-order valence-electron chi connectivity index (χ0n) is 11.2. The summed E-state index contributed by atoms with van der Waals surface area (Å²) in [5.74, 6) is 0. The molecule has 2 rings (SSSR count). The van der Waals surface area contributed by atoms with Gasteiger partial charge in [-0.25, -0.2) is 0 Å². The van der Waals surface area contributed by atoms with E-state index in [0.29, 0.717) is 0 Å². The van der Waals surface area contributed by atoms with Crippen LogP contribution in [-0.4, -0.2) is 13.8 Å². The number of rotatable bonds is 3. The van der Waals surface area contributed by atoms with E-state index in [2.05, 4.69) is 13.8 Å². The summed E-state index contributed by atoms with van der Waals surface area (Å²) in [6.45, 7) is 4.36. The molecule has 0 fully saturated rings. The quantitative estimate of drug-likeness (QED) is 0.838. The van der Waals surface area contributed by atoms with E-state index >= 15 is 0 Å². The average molecular weight is 258 g/mol. The van der Waals surface area contributed by atoms with Crippen molar-refractivity contribution in [3.63, 3.8) is 0 Å². The van der Waals surface area contributed by atoms with E-state index in [1.807, 2.05) is 60.7 Å². The van der Waals surface area contributed by atoms with Gasteiger partial charge < -0.3 is 4.80 Å². The Bertz CT molecular complexity index is 372. The van der Waals surface area contributed by atoms with Gasteiger partial charge in [0.25, 0.3) is 0 Å². The molecule has 0 aliphatic carbocycles. The van der Waals surface area contributed by atoms with Crippen LogP contribution in [0.25, 0.3) is 0 Å². The lowest BCUT2D eigenvalue weighted by atomic mass is 10.4. The molecule has 96 valence electrons. The molecule has 0 spiro atoms. The molecule has 0 amide bonds. The molecule has 0 heterocycles. The van der Waals surface area contributed by atoms with E-state index in [1.165, 1.54) is 12.8 Å². The highest BCUT2D eigenvalue weighted by atomic mass is 28.3. The smallest absolute Gasteiger partial charge is 0.236 e. The Morgan fingerprint density at radius 2 is 1.06 bits per heavy atom. The first kappa shape index (κ1) is 14.7. The molecule has 0 bridgehead atoms. The third kappa shape index (κ3) is 4.86. The fourth-order valence-corrected chi connectivity index (χ4v) is 3.02. The van der Waals surface area contributed by atoms with Crippen molar-refractivity contribution in [3.05, 3.63) is 60.7 Å². The maximum atomic E-state index is 10.1. The Balaban J connectivity index is 0.000000357. The van der Waals surface area contributed by atoms with Gasteiger partial charge in [-0.2, -0.15) is 0 Å². The maximum Gasteiger partial charge on any atom is 0.236 e. The second-order valence-electron chi connectivity index (χ2n) is 4.22. The molecule has 0 saturated heterocycles. The highest BCUT2D eigenvalue weighted by molar-refractivity contribution is 6.78. The van der Waals surface area contributed by atoms with Crippen molar-refractivity contribution in [2.45, 2.75) is 26.7 Å². The molecule has 2 aromatic rings. The second-order valence-corrected chi connectivity index (χ2v) is 6.36. The lowest BCUT2D eigenvalue weighted by Gasteiger charge is -2.08. The number of hydrogen-bond donors (Lipinski definition) is 1. The Morgan fingerprint density at radius 3 is 1.33 bits per heavy atom. The van der Waals surface area contributed by atoms with Crippen LogP contribution in [0.4, 0.5) is 0 Å². The van der Waals surface area contributed by atoms with Gasteiger partial charge in [0.1, 0.15) is 0 Å². The van der Waals surface area contributed by atoms with Gasteiger partial charge in [0.05, 0.1) is 0 Å². The molecule has 18 heavy (non-hydrogen) atoms. The predicted molar refractivity (Wildman–Crippen MR) is 82.1 cm³/mol. The highest BCUT2D eigenvalue weighted by Gasteiger charge is 2.11. The summed E-state index contributed by atoms with van der Waals surface area (Å²) < 4.78 is 0. The van der Waals surface area contributed by atoms with Crippen LogP contribution in [0.1, 0.15) is 26.7 Å². The molecule has 0 atom stereocenters. The zero-order valence-corrected chi connectivity index (χ0v) is 12.4. The average Bonchev–Trinajstić information content (AvgIpc) is 2.48. The first-order valence-corrected chi connectivity index (χ1v) is 8.24. The van der Waals surface area contributed by atoms with Crippen LogP contribution in [0.5, 0.6) is 0 Å². The van der Waals surface area contributed by atoms with E-state index in [9.17, 15) is 4.80 Å². The van der Waals surface area contributed by atoms with Crippen LogP contribution in [0.2, 0.25) is 0 Å². The molecule has 0 radical (unpaired) electrons. The van der Waals surface area contributed by atoms with Crippen LogP contribution in [0.15, 0.2) is 60.7 Å². The van der Waals surface area contributed by atoms with Gasteiger partial charge in [-0.1, -0.05) is 87.4 Å². The lowest BCUT2D eigenvalue weighted by molar-refractivity contribution is 0.600. The van der Waals surface area contributed by atoms with Crippen molar-refractivity contribution in [2.24, 2.45) is 0 Å². The van der Waals surface area contributed by atoms with Gasteiger partial charge in [0, 0.05) is 0 Å². The van der Waals surface area contributed by atoms with Gasteiger partial charge >= 0.3 is 0 Å². The molecule has 1 N–H and O–H groups in total. The summed E-state index contributed by atoms with van der Waals surface area (Å²) in [7, 11) is -1.92. The van der Waals surface area contributed by atoms with Crippen molar-refractivity contribution < 1.29 is 4.80 Å². The van der Waals surface area contributed by atoms with Crippen LogP contribution in [-0.2, 0) is 0 Å². The fourth-order valence-electron chi connectivity index (χ4n) is 1.46. The van der Waals surface area contributed by atoms with Crippen LogP contribution >= 0.6 is 0 Å². The van der Waals surface area contributed by atoms with E-state index in [-0.39, 0.29) is 0 Å². The minimum atomic E-state index is -1.92. The monoisotopic (exact) mass is 258 g/mol. The number of unbranched alkanes of at least 4 members (excludes halogenated alkanes) is 1. The van der Waals surface area contributed by atoms with E-state index < -0.39 is 9.04 Å². The minimum Gasteiger partial charge on any atom is -0.426 e. The van der Waals surface area contributed by atoms with Crippen LogP contribution < -0.4 is 10.4 Å². The summed E-state index contributed by atoms with van der Waals surface area (Å²) in [5.41, 5.74) is 0. The molecular weight excluding hydrogens is 236 g/mol. The first-order chi connectivity index (χ1) is 8.79. The molecule has 2 aromatic carbocycles. The Labute approximate surface area is 112 Å². The van der Waals surface area contributed by atoms with E-state index in [4.69, 9.17) is 0 Å². The normalized spacial score (nSPS) is 9.78. The highest BCUT2D eigenvalue weighted by Crippen LogP contribution is 1.89. The molecule has 0 unspecified atom stereocenters.